The lowest BCUT2D eigenvalue weighted by Gasteiger charge is -2.04. The molecule has 0 saturated heterocycles. The van der Waals surface area contributed by atoms with E-state index < -0.39 is 0 Å². The molecule has 3 aromatic carbocycles. The van der Waals surface area contributed by atoms with Crippen LogP contribution in [0.2, 0.25) is 0 Å². The minimum absolute atomic E-state index is 0.185. The van der Waals surface area contributed by atoms with Gasteiger partial charge in [-0.15, -0.1) is 5.11 Å². The maximum atomic E-state index is 9.29. The second-order valence-electron chi connectivity index (χ2n) is 5.61. The summed E-state index contributed by atoms with van der Waals surface area (Å²) in [6.07, 6.45) is 0. The minimum Gasteiger partial charge on any atom is -0.508 e. The molecule has 3 aromatic rings. The van der Waals surface area contributed by atoms with E-state index in [1.807, 2.05) is 31.2 Å². The van der Waals surface area contributed by atoms with Gasteiger partial charge in [-0.1, -0.05) is 17.7 Å². The third kappa shape index (κ3) is 4.51. The molecule has 0 aliphatic rings. The molecule has 0 atom stereocenters. The van der Waals surface area contributed by atoms with E-state index in [2.05, 4.69) is 20.5 Å². The molecule has 0 aliphatic heterocycles. The van der Waals surface area contributed by atoms with Gasteiger partial charge in [0.1, 0.15) is 17.2 Å². The molecule has 0 spiro atoms. The normalized spacial score (nSPS) is 11.3. The summed E-state index contributed by atoms with van der Waals surface area (Å²) >= 11 is 0. The number of phenolic OH excluding ortho intramolecular Hbond substituents is 1. The fraction of sp³-hybridized carbons (Fsp3) is 0.100. The molecule has 0 heterocycles. The van der Waals surface area contributed by atoms with E-state index in [1.54, 1.807) is 49.6 Å². The van der Waals surface area contributed by atoms with E-state index in [9.17, 15) is 5.11 Å². The van der Waals surface area contributed by atoms with Gasteiger partial charge in [0.25, 0.3) is 0 Å². The number of rotatable bonds is 5. The number of aryl methyl sites for hydroxylation is 1. The van der Waals surface area contributed by atoms with E-state index >= 15 is 0 Å². The van der Waals surface area contributed by atoms with Crippen molar-refractivity contribution in [2.75, 3.05) is 7.11 Å². The number of methoxy groups -OCH3 is 1. The van der Waals surface area contributed by atoms with Gasteiger partial charge in [0.2, 0.25) is 0 Å². The van der Waals surface area contributed by atoms with Crippen LogP contribution < -0.4 is 4.74 Å². The van der Waals surface area contributed by atoms with Crippen LogP contribution in [-0.4, -0.2) is 12.2 Å². The average molecular weight is 346 g/mol. The van der Waals surface area contributed by atoms with Crippen LogP contribution in [-0.2, 0) is 0 Å². The fourth-order valence-electron chi connectivity index (χ4n) is 2.17. The molecule has 0 bridgehead atoms. The van der Waals surface area contributed by atoms with Gasteiger partial charge >= 0.3 is 0 Å². The number of phenols is 1. The monoisotopic (exact) mass is 346 g/mol. The molecule has 130 valence electrons. The predicted molar refractivity (Wildman–Crippen MR) is 101 cm³/mol. The molecule has 6 nitrogen and oxygen atoms in total. The van der Waals surface area contributed by atoms with Crippen molar-refractivity contribution in [3.63, 3.8) is 0 Å². The van der Waals surface area contributed by atoms with Gasteiger partial charge in [0, 0.05) is 6.07 Å². The summed E-state index contributed by atoms with van der Waals surface area (Å²) in [5.74, 6) is 0.734. The van der Waals surface area contributed by atoms with E-state index in [4.69, 9.17) is 4.74 Å². The van der Waals surface area contributed by atoms with Crippen molar-refractivity contribution in [2.45, 2.75) is 6.92 Å². The maximum absolute atomic E-state index is 9.29. The molecule has 6 heteroatoms. The summed E-state index contributed by atoms with van der Waals surface area (Å²) in [4.78, 5) is 0. The van der Waals surface area contributed by atoms with Crippen LogP contribution in [0.5, 0.6) is 11.5 Å². The van der Waals surface area contributed by atoms with Gasteiger partial charge in [-0.25, -0.2) is 0 Å². The number of ether oxygens (including phenoxy) is 1. The van der Waals surface area contributed by atoms with Crippen LogP contribution in [0.4, 0.5) is 22.7 Å². The Kier molecular flexibility index (Phi) is 5.34. The molecule has 0 radical (unpaired) electrons. The largest absolute Gasteiger partial charge is 0.508 e. The Morgan fingerprint density at radius 3 is 1.88 bits per heavy atom. The minimum atomic E-state index is 0.185. The molecule has 26 heavy (non-hydrogen) atoms. The summed E-state index contributed by atoms with van der Waals surface area (Å²) in [5.41, 5.74) is 3.83. The van der Waals surface area contributed by atoms with Gasteiger partial charge < -0.3 is 9.84 Å². The Morgan fingerprint density at radius 1 is 0.692 bits per heavy atom. The molecule has 0 unspecified atom stereocenters. The SMILES string of the molecule is COc1cc(N=Nc2ccc(C)cc2)ccc1N=Nc1ccc(O)cc1. The Morgan fingerprint density at radius 2 is 1.23 bits per heavy atom. The van der Waals surface area contributed by atoms with Gasteiger partial charge in [-0.2, -0.15) is 15.3 Å². The number of azo groups is 2. The number of benzene rings is 3. The summed E-state index contributed by atoms with van der Waals surface area (Å²) < 4.78 is 5.37. The summed E-state index contributed by atoms with van der Waals surface area (Å²) in [7, 11) is 1.57. The van der Waals surface area contributed by atoms with Crippen LogP contribution in [0.1, 0.15) is 5.56 Å². The van der Waals surface area contributed by atoms with Crippen molar-refractivity contribution in [3.8, 4) is 11.5 Å². The predicted octanol–water partition coefficient (Wildman–Crippen LogP) is 6.54. The van der Waals surface area contributed by atoms with Crippen molar-refractivity contribution >= 4 is 22.7 Å². The molecule has 3 rings (SSSR count). The van der Waals surface area contributed by atoms with Crippen molar-refractivity contribution in [1.82, 2.24) is 0 Å². The first kappa shape index (κ1) is 17.3. The molecule has 0 aliphatic carbocycles. The lowest BCUT2D eigenvalue weighted by molar-refractivity contribution is 0.416. The summed E-state index contributed by atoms with van der Waals surface area (Å²) in [5, 5.41) is 26.1. The van der Waals surface area contributed by atoms with Crippen LogP contribution in [0.25, 0.3) is 0 Å². The molecule has 0 aromatic heterocycles. The smallest absolute Gasteiger partial charge is 0.148 e. The molecule has 0 fully saturated rings. The molecular formula is C20H18N4O2. The van der Waals surface area contributed by atoms with Crippen molar-refractivity contribution < 1.29 is 9.84 Å². The van der Waals surface area contributed by atoms with E-state index in [-0.39, 0.29) is 5.75 Å². The van der Waals surface area contributed by atoms with Crippen LogP contribution in [0.15, 0.2) is 87.2 Å². The highest BCUT2D eigenvalue weighted by atomic mass is 16.5. The first-order valence-corrected chi connectivity index (χ1v) is 8.01. The second-order valence-corrected chi connectivity index (χ2v) is 5.61. The topological polar surface area (TPSA) is 78.9 Å². The number of nitrogens with zero attached hydrogens (tertiary/aromatic N) is 4. The molecule has 0 amide bonds. The third-order valence-electron chi connectivity index (χ3n) is 3.60. The molecule has 0 saturated carbocycles. The summed E-state index contributed by atoms with van der Waals surface area (Å²) in [6.45, 7) is 2.03. The standard InChI is InChI=1S/C20H18N4O2/c1-14-3-5-15(6-4-14)21-23-17-9-12-19(20(13-17)26-2)24-22-16-7-10-18(25)11-8-16/h3-13,25H,1-2H3. The quantitative estimate of drug-likeness (QED) is 0.532. The second kappa shape index (κ2) is 8.02. The molecular weight excluding hydrogens is 328 g/mol. The van der Waals surface area contributed by atoms with Gasteiger partial charge in [0.15, 0.2) is 0 Å². The first-order chi connectivity index (χ1) is 12.6. The van der Waals surface area contributed by atoms with E-state index in [0.717, 1.165) is 5.69 Å². The third-order valence-corrected chi connectivity index (χ3v) is 3.60. The van der Waals surface area contributed by atoms with Crippen LogP contribution in [0, 0.1) is 6.92 Å². The van der Waals surface area contributed by atoms with Crippen LogP contribution >= 0.6 is 0 Å². The first-order valence-electron chi connectivity index (χ1n) is 8.01. The zero-order valence-corrected chi connectivity index (χ0v) is 14.5. The van der Waals surface area contributed by atoms with Gasteiger partial charge in [-0.3, -0.25) is 0 Å². The van der Waals surface area contributed by atoms with Crippen molar-refractivity contribution in [1.29, 1.82) is 0 Å². The van der Waals surface area contributed by atoms with Gasteiger partial charge in [0.05, 0.1) is 24.2 Å². The highest BCUT2D eigenvalue weighted by Gasteiger charge is 2.04. The Hall–Kier alpha value is -3.54. The Balaban J connectivity index is 1.78. The van der Waals surface area contributed by atoms with Gasteiger partial charge in [-0.05, 0) is 55.5 Å². The number of hydrogen-bond acceptors (Lipinski definition) is 6. The van der Waals surface area contributed by atoms with E-state index in [1.165, 1.54) is 5.56 Å². The van der Waals surface area contributed by atoms with Crippen molar-refractivity contribution in [2.24, 2.45) is 20.5 Å². The Bertz CT molecular complexity index is 933. The fourth-order valence-corrected chi connectivity index (χ4v) is 2.17. The lowest BCUT2D eigenvalue weighted by atomic mass is 10.2. The maximum Gasteiger partial charge on any atom is 0.148 e. The van der Waals surface area contributed by atoms with E-state index in [0.29, 0.717) is 22.8 Å². The highest BCUT2D eigenvalue weighted by Crippen LogP contribution is 2.33. The lowest BCUT2D eigenvalue weighted by Crippen LogP contribution is -1.82. The average Bonchev–Trinajstić information content (AvgIpc) is 2.67. The zero-order valence-electron chi connectivity index (χ0n) is 14.5. The summed E-state index contributed by atoms with van der Waals surface area (Å²) in [6, 6.07) is 19.6. The number of aromatic hydroxyl groups is 1. The van der Waals surface area contributed by atoms with Crippen LogP contribution in [0.3, 0.4) is 0 Å². The molecule has 1 N–H and O–H groups in total. The Labute approximate surface area is 151 Å². The zero-order chi connectivity index (χ0) is 18.4. The number of hydrogen-bond donors (Lipinski definition) is 1. The highest BCUT2D eigenvalue weighted by molar-refractivity contribution is 5.59. The van der Waals surface area contributed by atoms with Crippen molar-refractivity contribution in [3.05, 3.63) is 72.3 Å².